The van der Waals surface area contributed by atoms with Crippen LogP contribution in [0.1, 0.15) is 25.9 Å². The molecule has 1 aromatic carbocycles. The molecule has 0 bridgehead atoms. The standard InChI is InChI=1S/C14H14ClN3O2/c1-9-3-4-10(2)18-14(20)16(13(19)17(9)18)12-7-5-11(15)6-8-12/h3-10H,1-2H3. The topological polar surface area (TPSA) is 48.9 Å². The van der Waals surface area contributed by atoms with Crippen molar-refractivity contribution in [3.05, 3.63) is 62.4 Å². The number of fused-ring (bicyclic) bond motifs is 1. The maximum absolute atomic E-state index is 12.5. The molecule has 0 aliphatic carbocycles. The first-order chi connectivity index (χ1) is 9.50. The van der Waals surface area contributed by atoms with E-state index in [9.17, 15) is 9.59 Å². The summed E-state index contributed by atoms with van der Waals surface area (Å²) < 4.78 is 4.15. The fourth-order valence-corrected chi connectivity index (χ4v) is 2.63. The third-order valence-corrected chi connectivity index (χ3v) is 3.78. The Morgan fingerprint density at radius 3 is 1.80 bits per heavy atom. The molecule has 3 rings (SSSR count). The van der Waals surface area contributed by atoms with Gasteiger partial charge in [0.1, 0.15) is 0 Å². The lowest BCUT2D eigenvalue weighted by Gasteiger charge is -2.21. The van der Waals surface area contributed by atoms with Crippen molar-refractivity contribution in [2.75, 3.05) is 0 Å². The number of benzene rings is 1. The zero-order valence-corrected chi connectivity index (χ0v) is 11.9. The first kappa shape index (κ1) is 13.0. The van der Waals surface area contributed by atoms with Crippen molar-refractivity contribution in [1.29, 1.82) is 0 Å². The quantitative estimate of drug-likeness (QED) is 0.756. The van der Waals surface area contributed by atoms with E-state index in [0.717, 1.165) is 0 Å². The average Bonchev–Trinajstić information content (AvgIpc) is 2.69. The van der Waals surface area contributed by atoms with Crippen LogP contribution in [0.15, 0.2) is 46.0 Å². The summed E-state index contributed by atoms with van der Waals surface area (Å²) in [4.78, 5) is 25.0. The Morgan fingerprint density at radius 1 is 0.900 bits per heavy atom. The van der Waals surface area contributed by atoms with E-state index >= 15 is 0 Å². The van der Waals surface area contributed by atoms with Crippen molar-refractivity contribution in [2.24, 2.45) is 0 Å². The molecule has 0 N–H and O–H groups in total. The first-order valence-corrected chi connectivity index (χ1v) is 6.79. The Hall–Kier alpha value is -2.01. The highest BCUT2D eigenvalue weighted by atomic mass is 35.5. The molecule has 2 heterocycles. The molecule has 20 heavy (non-hydrogen) atoms. The van der Waals surface area contributed by atoms with Gasteiger partial charge in [0.25, 0.3) is 0 Å². The van der Waals surface area contributed by atoms with Gasteiger partial charge in [-0.3, -0.25) is 0 Å². The molecule has 0 spiro atoms. The molecule has 0 fully saturated rings. The Balaban J connectivity index is 2.30. The maximum atomic E-state index is 12.5. The van der Waals surface area contributed by atoms with Gasteiger partial charge in [-0.05, 0) is 38.1 Å². The van der Waals surface area contributed by atoms with E-state index in [-0.39, 0.29) is 23.5 Å². The molecular weight excluding hydrogens is 278 g/mol. The third-order valence-electron chi connectivity index (χ3n) is 3.53. The summed E-state index contributed by atoms with van der Waals surface area (Å²) in [5.74, 6) is 0. The Morgan fingerprint density at radius 2 is 1.35 bits per heavy atom. The molecule has 2 aromatic rings. The highest BCUT2D eigenvalue weighted by Crippen LogP contribution is 2.18. The van der Waals surface area contributed by atoms with Crippen LogP contribution in [0.4, 0.5) is 0 Å². The van der Waals surface area contributed by atoms with Gasteiger partial charge < -0.3 is 0 Å². The van der Waals surface area contributed by atoms with Gasteiger partial charge in [-0.2, -0.15) is 0 Å². The molecule has 1 aliphatic rings. The molecular formula is C14H14ClN3O2. The van der Waals surface area contributed by atoms with Crippen molar-refractivity contribution < 1.29 is 0 Å². The number of hydrogen-bond donors (Lipinski definition) is 0. The van der Waals surface area contributed by atoms with E-state index in [0.29, 0.717) is 10.7 Å². The van der Waals surface area contributed by atoms with Crippen molar-refractivity contribution in [2.45, 2.75) is 25.9 Å². The number of allylic oxidation sites excluding steroid dienone is 2. The minimum atomic E-state index is -0.332. The van der Waals surface area contributed by atoms with E-state index < -0.39 is 0 Å². The van der Waals surface area contributed by atoms with E-state index in [1.165, 1.54) is 13.9 Å². The summed E-state index contributed by atoms with van der Waals surface area (Å²) in [5, 5.41) is 0.564. The van der Waals surface area contributed by atoms with Crippen LogP contribution in [-0.4, -0.2) is 13.9 Å². The highest BCUT2D eigenvalue weighted by Gasteiger charge is 2.24. The zero-order valence-electron chi connectivity index (χ0n) is 11.2. The van der Waals surface area contributed by atoms with E-state index in [2.05, 4.69) is 0 Å². The van der Waals surface area contributed by atoms with Crippen molar-refractivity contribution >= 4 is 11.6 Å². The number of nitrogens with zero attached hydrogens (tertiary/aromatic N) is 3. The Bertz CT molecular complexity index is 752. The van der Waals surface area contributed by atoms with Crippen molar-refractivity contribution in [3.8, 4) is 5.69 Å². The second kappa shape index (κ2) is 4.52. The van der Waals surface area contributed by atoms with E-state index in [1.807, 2.05) is 26.0 Å². The minimum absolute atomic E-state index is 0.139. The number of halogens is 1. The molecule has 0 saturated heterocycles. The largest absolute Gasteiger partial charge is 0.352 e. The van der Waals surface area contributed by atoms with Crippen LogP contribution in [0, 0.1) is 0 Å². The SMILES string of the molecule is CC1C=CC(C)n2c(=O)n(-c3ccc(Cl)cc3)c(=O)n21. The van der Waals surface area contributed by atoms with Gasteiger partial charge in [0.2, 0.25) is 0 Å². The molecule has 1 aromatic heterocycles. The summed E-state index contributed by atoms with van der Waals surface area (Å²) in [6, 6.07) is 6.38. The van der Waals surface area contributed by atoms with Gasteiger partial charge >= 0.3 is 11.4 Å². The Kier molecular flexibility index (Phi) is 2.94. The van der Waals surface area contributed by atoms with E-state index in [4.69, 9.17) is 11.6 Å². The van der Waals surface area contributed by atoms with Crippen LogP contribution in [0.25, 0.3) is 5.69 Å². The van der Waals surface area contributed by atoms with E-state index in [1.54, 1.807) is 24.3 Å². The van der Waals surface area contributed by atoms with Crippen LogP contribution >= 0.6 is 11.6 Å². The monoisotopic (exact) mass is 291 g/mol. The summed E-state index contributed by atoms with van der Waals surface area (Å²) in [7, 11) is 0. The van der Waals surface area contributed by atoms with Crippen molar-refractivity contribution in [1.82, 2.24) is 13.9 Å². The van der Waals surface area contributed by atoms with Gasteiger partial charge in [0.05, 0.1) is 17.8 Å². The van der Waals surface area contributed by atoms with Gasteiger partial charge in [-0.25, -0.2) is 23.5 Å². The predicted molar refractivity (Wildman–Crippen MR) is 77.9 cm³/mol. The first-order valence-electron chi connectivity index (χ1n) is 6.41. The summed E-state index contributed by atoms with van der Waals surface area (Å²) in [6.07, 6.45) is 3.86. The van der Waals surface area contributed by atoms with Crippen LogP contribution in [0.3, 0.4) is 0 Å². The third kappa shape index (κ3) is 1.78. The van der Waals surface area contributed by atoms with Crippen LogP contribution < -0.4 is 11.4 Å². The summed E-state index contributed by atoms with van der Waals surface area (Å²) in [6.45, 7) is 3.76. The van der Waals surface area contributed by atoms with Gasteiger partial charge in [-0.1, -0.05) is 23.8 Å². The second-order valence-corrected chi connectivity index (χ2v) is 5.37. The molecule has 6 heteroatoms. The lowest BCUT2D eigenvalue weighted by atomic mass is 10.2. The zero-order chi connectivity index (χ0) is 14.4. The summed E-state index contributed by atoms with van der Waals surface area (Å²) >= 11 is 5.84. The lowest BCUT2D eigenvalue weighted by molar-refractivity contribution is 0.375. The molecule has 0 saturated carbocycles. The predicted octanol–water partition coefficient (Wildman–Crippen LogP) is 2.15. The van der Waals surface area contributed by atoms with Gasteiger partial charge in [0, 0.05) is 5.02 Å². The van der Waals surface area contributed by atoms with Gasteiger partial charge in [-0.15, -0.1) is 0 Å². The highest BCUT2D eigenvalue weighted by molar-refractivity contribution is 6.30. The maximum Gasteiger partial charge on any atom is 0.352 e. The number of aromatic nitrogens is 3. The van der Waals surface area contributed by atoms with Crippen LogP contribution in [0.5, 0.6) is 0 Å². The second-order valence-electron chi connectivity index (χ2n) is 4.93. The average molecular weight is 292 g/mol. The molecule has 0 radical (unpaired) electrons. The molecule has 1 aliphatic heterocycles. The molecule has 104 valence electrons. The molecule has 5 nitrogen and oxygen atoms in total. The smallest absolute Gasteiger partial charge is 0.245 e. The van der Waals surface area contributed by atoms with Gasteiger partial charge in [0.15, 0.2) is 0 Å². The lowest BCUT2D eigenvalue weighted by Crippen LogP contribution is -2.33. The number of hydrogen-bond acceptors (Lipinski definition) is 2. The molecule has 0 amide bonds. The summed E-state index contributed by atoms with van der Waals surface area (Å²) in [5.41, 5.74) is -0.139. The molecule has 2 unspecified atom stereocenters. The minimum Gasteiger partial charge on any atom is -0.245 e. The van der Waals surface area contributed by atoms with Crippen LogP contribution in [0.2, 0.25) is 5.02 Å². The normalized spacial score (nSPS) is 20.9. The number of rotatable bonds is 1. The fourth-order valence-electron chi connectivity index (χ4n) is 2.51. The van der Waals surface area contributed by atoms with Crippen LogP contribution in [-0.2, 0) is 0 Å². The fraction of sp³-hybridized carbons (Fsp3) is 0.286. The molecule has 2 atom stereocenters. The van der Waals surface area contributed by atoms with Crippen molar-refractivity contribution in [3.63, 3.8) is 0 Å². The Labute approximate surface area is 120 Å².